The molecule has 6 nitrogen and oxygen atoms in total. The maximum Gasteiger partial charge on any atom is 0.126 e. The van der Waals surface area contributed by atoms with Crippen molar-refractivity contribution in [2.75, 3.05) is 13.2 Å². The van der Waals surface area contributed by atoms with Crippen LogP contribution >= 0.6 is 0 Å². The maximum absolute atomic E-state index is 5.82. The quantitative estimate of drug-likeness (QED) is 0.241. The van der Waals surface area contributed by atoms with E-state index in [0.29, 0.717) is 13.2 Å². The minimum atomic E-state index is 0.520. The number of rotatable bonds is 10. The lowest BCUT2D eigenvalue weighted by Gasteiger charge is -2.13. The number of ether oxygens (including phenoxy) is 1. The van der Waals surface area contributed by atoms with Crippen molar-refractivity contribution in [2.24, 2.45) is 5.16 Å². The zero-order valence-corrected chi connectivity index (χ0v) is 19.7. The monoisotopic (exact) mass is 432 g/mol. The van der Waals surface area contributed by atoms with E-state index < -0.39 is 0 Å². The first-order chi connectivity index (χ1) is 15.5. The SMILES string of the molecule is CCOc1cc(CC)nc(-c2cccc(CCCO/N=C(\C)c3cccc(C)n3)n2)c1C. The van der Waals surface area contributed by atoms with Crippen molar-refractivity contribution >= 4 is 5.71 Å². The predicted octanol–water partition coefficient (Wildman–Crippen LogP) is 5.49. The zero-order chi connectivity index (χ0) is 22.9. The summed E-state index contributed by atoms with van der Waals surface area (Å²) >= 11 is 0. The van der Waals surface area contributed by atoms with Crippen molar-refractivity contribution < 1.29 is 9.57 Å². The van der Waals surface area contributed by atoms with Gasteiger partial charge in [-0.15, -0.1) is 0 Å². The van der Waals surface area contributed by atoms with Gasteiger partial charge in [0.2, 0.25) is 0 Å². The largest absolute Gasteiger partial charge is 0.493 e. The maximum atomic E-state index is 5.82. The molecule has 3 heterocycles. The van der Waals surface area contributed by atoms with Crippen molar-refractivity contribution in [3.63, 3.8) is 0 Å². The molecule has 0 spiro atoms. The number of aromatic nitrogens is 3. The van der Waals surface area contributed by atoms with Crippen molar-refractivity contribution in [2.45, 2.75) is 53.9 Å². The van der Waals surface area contributed by atoms with Crippen LogP contribution in [0.1, 0.15) is 55.5 Å². The van der Waals surface area contributed by atoms with Crippen LogP contribution in [0.5, 0.6) is 5.75 Å². The molecular formula is C26H32N4O2. The second-order valence-corrected chi connectivity index (χ2v) is 7.66. The highest BCUT2D eigenvalue weighted by Gasteiger charge is 2.13. The van der Waals surface area contributed by atoms with Crippen LogP contribution in [0.4, 0.5) is 0 Å². The van der Waals surface area contributed by atoms with E-state index in [0.717, 1.165) is 70.5 Å². The molecule has 6 heteroatoms. The molecule has 3 rings (SSSR count). The van der Waals surface area contributed by atoms with Crippen LogP contribution in [0.2, 0.25) is 0 Å². The molecule has 0 atom stereocenters. The lowest BCUT2D eigenvalue weighted by atomic mass is 10.1. The molecule has 168 valence electrons. The second kappa shape index (κ2) is 11.4. The molecule has 3 aromatic heterocycles. The molecule has 0 N–H and O–H groups in total. The van der Waals surface area contributed by atoms with Crippen molar-refractivity contribution in [3.8, 4) is 17.1 Å². The Morgan fingerprint density at radius 1 is 0.969 bits per heavy atom. The average molecular weight is 433 g/mol. The molecule has 0 radical (unpaired) electrons. The fourth-order valence-electron chi connectivity index (χ4n) is 3.37. The first-order valence-electron chi connectivity index (χ1n) is 11.2. The summed E-state index contributed by atoms with van der Waals surface area (Å²) in [5, 5.41) is 4.20. The summed E-state index contributed by atoms with van der Waals surface area (Å²) in [6.45, 7) is 11.2. The number of nitrogens with zero attached hydrogens (tertiary/aromatic N) is 4. The summed E-state index contributed by atoms with van der Waals surface area (Å²) in [5.74, 6) is 0.881. The fraction of sp³-hybridized carbons (Fsp3) is 0.385. The highest BCUT2D eigenvalue weighted by atomic mass is 16.6. The van der Waals surface area contributed by atoms with Crippen LogP contribution in [0.3, 0.4) is 0 Å². The van der Waals surface area contributed by atoms with Gasteiger partial charge in [-0.25, -0.2) is 0 Å². The van der Waals surface area contributed by atoms with Gasteiger partial charge in [-0.05, 0) is 71.2 Å². The molecule has 0 aliphatic rings. The van der Waals surface area contributed by atoms with Gasteiger partial charge in [0.05, 0.1) is 23.7 Å². The summed E-state index contributed by atoms with van der Waals surface area (Å²) in [6, 6.07) is 14.0. The van der Waals surface area contributed by atoms with Gasteiger partial charge < -0.3 is 9.57 Å². The van der Waals surface area contributed by atoms with E-state index in [9.17, 15) is 0 Å². The molecule has 0 fully saturated rings. The molecular weight excluding hydrogens is 400 g/mol. The molecule has 0 bridgehead atoms. The third kappa shape index (κ3) is 6.13. The van der Waals surface area contributed by atoms with Crippen LogP contribution in [-0.4, -0.2) is 33.9 Å². The van der Waals surface area contributed by atoms with Crippen LogP contribution in [-0.2, 0) is 17.7 Å². The van der Waals surface area contributed by atoms with E-state index in [1.165, 1.54) is 0 Å². The van der Waals surface area contributed by atoms with Gasteiger partial charge in [0, 0.05) is 28.7 Å². The van der Waals surface area contributed by atoms with Gasteiger partial charge in [-0.1, -0.05) is 24.2 Å². The van der Waals surface area contributed by atoms with Crippen LogP contribution < -0.4 is 4.74 Å². The molecule has 0 aliphatic carbocycles. The van der Waals surface area contributed by atoms with Crippen LogP contribution in [0, 0.1) is 13.8 Å². The predicted molar refractivity (Wildman–Crippen MR) is 128 cm³/mol. The van der Waals surface area contributed by atoms with Crippen molar-refractivity contribution in [1.29, 1.82) is 0 Å². The zero-order valence-electron chi connectivity index (χ0n) is 19.7. The third-order valence-electron chi connectivity index (χ3n) is 5.12. The van der Waals surface area contributed by atoms with Crippen molar-refractivity contribution in [1.82, 2.24) is 15.0 Å². The number of hydrogen-bond acceptors (Lipinski definition) is 6. The van der Waals surface area contributed by atoms with E-state index in [4.69, 9.17) is 19.5 Å². The van der Waals surface area contributed by atoms with Crippen LogP contribution in [0.15, 0.2) is 47.6 Å². The lowest BCUT2D eigenvalue weighted by molar-refractivity contribution is 0.141. The number of hydrogen-bond donors (Lipinski definition) is 0. The summed E-state index contributed by atoms with van der Waals surface area (Å²) in [6.07, 6.45) is 2.47. The van der Waals surface area contributed by atoms with E-state index in [1.54, 1.807) is 0 Å². The Morgan fingerprint density at radius 2 is 1.78 bits per heavy atom. The van der Waals surface area contributed by atoms with E-state index in [1.807, 2.05) is 70.2 Å². The molecule has 0 aliphatic heterocycles. The summed E-state index contributed by atoms with van der Waals surface area (Å²) in [4.78, 5) is 19.6. The van der Waals surface area contributed by atoms with Crippen LogP contribution in [0.25, 0.3) is 11.4 Å². The van der Waals surface area contributed by atoms with E-state index in [-0.39, 0.29) is 0 Å². The summed E-state index contributed by atoms with van der Waals surface area (Å²) in [5.41, 5.74) is 7.36. The average Bonchev–Trinajstić information content (AvgIpc) is 2.80. The second-order valence-electron chi connectivity index (χ2n) is 7.66. The molecule has 32 heavy (non-hydrogen) atoms. The van der Waals surface area contributed by atoms with Gasteiger partial charge in [0.25, 0.3) is 0 Å². The number of aryl methyl sites for hydroxylation is 3. The smallest absolute Gasteiger partial charge is 0.126 e. The molecule has 0 saturated carbocycles. The first-order valence-corrected chi connectivity index (χ1v) is 11.2. The van der Waals surface area contributed by atoms with Gasteiger partial charge in [-0.3, -0.25) is 15.0 Å². The van der Waals surface area contributed by atoms with Crippen molar-refractivity contribution in [3.05, 3.63) is 70.8 Å². The summed E-state index contributed by atoms with van der Waals surface area (Å²) in [7, 11) is 0. The molecule has 0 unspecified atom stereocenters. The Morgan fingerprint density at radius 3 is 2.53 bits per heavy atom. The van der Waals surface area contributed by atoms with Gasteiger partial charge in [0.15, 0.2) is 0 Å². The molecule has 0 aromatic carbocycles. The molecule has 3 aromatic rings. The van der Waals surface area contributed by atoms with E-state index in [2.05, 4.69) is 17.1 Å². The minimum Gasteiger partial charge on any atom is -0.493 e. The Hall–Kier alpha value is -3.28. The number of oxime groups is 1. The highest BCUT2D eigenvalue weighted by Crippen LogP contribution is 2.29. The normalized spacial score (nSPS) is 11.5. The lowest BCUT2D eigenvalue weighted by Crippen LogP contribution is -2.03. The standard InChI is InChI=1S/C26H32N4O2/c1-6-21-17-25(31-7-2)19(4)26(29-21)24-15-9-12-22(28-24)13-10-16-32-30-20(5)23-14-8-11-18(3)27-23/h8-9,11-12,14-15,17H,6-7,10,13,16H2,1-5H3/b30-20+. The Bertz CT molecular complexity index is 1080. The highest BCUT2D eigenvalue weighted by molar-refractivity contribution is 5.96. The number of pyridine rings is 3. The Kier molecular flexibility index (Phi) is 8.31. The summed E-state index contributed by atoms with van der Waals surface area (Å²) < 4.78 is 5.82. The third-order valence-corrected chi connectivity index (χ3v) is 5.12. The first kappa shape index (κ1) is 23.4. The van der Waals surface area contributed by atoms with Gasteiger partial charge >= 0.3 is 0 Å². The Labute approximate surface area is 190 Å². The molecule has 0 amide bonds. The van der Waals surface area contributed by atoms with E-state index >= 15 is 0 Å². The minimum absolute atomic E-state index is 0.520. The topological polar surface area (TPSA) is 69.5 Å². The van der Waals surface area contributed by atoms with Gasteiger partial charge in [-0.2, -0.15) is 0 Å². The van der Waals surface area contributed by atoms with Gasteiger partial charge in [0.1, 0.15) is 18.1 Å². The fourth-order valence-corrected chi connectivity index (χ4v) is 3.37. The molecule has 0 saturated heterocycles. The Balaban J connectivity index is 1.63.